The second kappa shape index (κ2) is 3.64. The van der Waals surface area contributed by atoms with Crippen LogP contribution in [-0.2, 0) is 0 Å². The van der Waals surface area contributed by atoms with E-state index in [9.17, 15) is 9.18 Å². The molecule has 0 aliphatic rings. The molecule has 1 aromatic rings. The van der Waals surface area contributed by atoms with Crippen LogP contribution < -0.4 is 11.3 Å². The highest BCUT2D eigenvalue weighted by Crippen LogP contribution is 2.14. The van der Waals surface area contributed by atoms with Gasteiger partial charge >= 0.3 is 0 Å². The molecule has 3 N–H and O–H groups in total. The molecule has 0 aliphatic carbocycles. The molecule has 0 atom stereocenters. The van der Waals surface area contributed by atoms with Crippen LogP contribution in [0.4, 0.5) is 4.39 Å². The molecule has 0 aliphatic heterocycles. The molecular formula is C7H6BrFN2O. The van der Waals surface area contributed by atoms with Gasteiger partial charge in [-0.25, -0.2) is 10.2 Å². The second-order valence-corrected chi connectivity index (χ2v) is 3.01. The van der Waals surface area contributed by atoms with Crippen LogP contribution in [0, 0.1) is 5.82 Å². The molecule has 0 bridgehead atoms. The summed E-state index contributed by atoms with van der Waals surface area (Å²) in [7, 11) is 0. The Balaban J connectivity index is 3.09. The maximum Gasteiger partial charge on any atom is 0.268 e. The molecule has 64 valence electrons. The summed E-state index contributed by atoms with van der Waals surface area (Å²) in [6, 6.07) is 4.11. The van der Waals surface area contributed by atoms with Crippen molar-refractivity contribution in [2.75, 3.05) is 0 Å². The van der Waals surface area contributed by atoms with Gasteiger partial charge in [0.15, 0.2) is 0 Å². The van der Waals surface area contributed by atoms with Crippen molar-refractivity contribution in [3.63, 3.8) is 0 Å². The molecule has 0 saturated heterocycles. The number of rotatable bonds is 1. The number of nitrogens with two attached hydrogens (primary N) is 1. The third-order valence-electron chi connectivity index (χ3n) is 1.31. The van der Waals surface area contributed by atoms with E-state index in [1.165, 1.54) is 12.1 Å². The van der Waals surface area contributed by atoms with Gasteiger partial charge in [-0.2, -0.15) is 0 Å². The Labute approximate surface area is 76.9 Å². The normalized spacial score (nSPS) is 9.58. The van der Waals surface area contributed by atoms with Crippen LogP contribution in [0.25, 0.3) is 0 Å². The number of amides is 1. The first-order valence-electron chi connectivity index (χ1n) is 3.11. The minimum absolute atomic E-state index is 0.0688. The lowest BCUT2D eigenvalue weighted by molar-refractivity contribution is 0.0949. The van der Waals surface area contributed by atoms with Crippen molar-refractivity contribution in [1.29, 1.82) is 0 Å². The summed E-state index contributed by atoms with van der Waals surface area (Å²) >= 11 is 3.06. The van der Waals surface area contributed by atoms with Gasteiger partial charge in [-0.1, -0.05) is 15.9 Å². The number of halogens is 2. The Morgan fingerprint density at radius 1 is 1.58 bits per heavy atom. The average Bonchev–Trinajstić information content (AvgIpc) is 2.03. The lowest BCUT2D eigenvalue weighted by Gasteiger charge is -2.00. The number of benzene rings is 1. The first-order chi connectivity index (χ1) is 5.65. The molecule has 0 radical (unpaired) electrons. The molecule has 0 unspecified atom stereocenters. The summed E-state index contributed by atoms with van der Waals surface area (Å²) in [5, 5.41) is 0. The topological polar surface area (TPSA) is 55.1 Å². The van der Waals surface area contributed by atoms with E-state index in [1.54, 1.807) is 6.07 Å². The zero-order valence-corrected chi connectivity index (χ0v) is 7.56. The van der Waals surface area contributed by atoms with Crippen LogP contribution in [0.1, 0.15) is 10.4 Å². The van der Waals surface area contributed by atoms with Crippen LogP contribution in [0.15, 0.2) is 22.7 Å². The van der Waals surface area contributed by atoms with Gasteiger partial charge in [0.25, 0.3) is 5.91 Å². The fourth-order valence-corrected chi connectivity index (χ4v) is 1.08. The summed E-state index contributed by atoms with van der Waals surface area (Å²) in [4.78, 5) is 10.9. The van der Waals surface area contributed by atoms with Crippen molar-refractivity contribution < 1.29 is 9.18 Å². The van der Waals surface area contributed by atoms with Crippen molar-refractivity contribution in [2.45, 2.75) is 0 Å². The maximum absolute atomic E-state index is 12.9. The first-order valence-corrected chi connectivity index (χ1v) is 3.90. The molecule has 5 heteroatoms. The number of hydrogen-bond donors (Lipinski definition) is 2. The lowest BCUT2D eigenvalue weighted by atomic mass is 10.2. The number of carbonyl (C=O) groups is 1. The highest BCUT2D eigenvalue weighted by atomic mass is 79.9. The van der Waals surface area contributed by atoms with E-state index >= 15 is 0 Å². The Bertz CT molecular complexity index is 316. The summed E-state index contributed by atoms with van der Waals surface area (Å²) < 4.78 is 13.5. The van der Waals surface area contributed by atoms with Crippen molar-refractivity contribution in [2.24, 2.45) is 5.84 Å². The largest absolute Gasteiger partial charge is 0.290 e. The van der Waals surface area contributed by atoms with E-state index in [4.69, 9.17) is 5.84 Å². The van der Waals surface area contributed by atoms with Crippen molar-refractivity contribution >= 4 is 21.8 Å². The Morgan fingerprint density at radius 3 is 2.75 bits per heavy atom. The number of carbonyl (C=O) groups excluding carboxylic acids is 1. The molecule has 3 nitrogen and oxygen atoms in total. The van der Waals surface area contributed by atoms with Gasteiger partial charge in [0.2, 0.25) is 0 Å². The van der Waals surface area contributed by atoms with Crippen LogP contribution in [0.5, 0.6) is 0 Å². The summed E-state index contributed by atoms with van der Waals surface area (Å²) in [5.74, 6) is 3.59. The number of nitrogens with one attached hydrogen (secondary N) is 1. The van der Waals surface area contributed by atoms with Crippen LogP contribution in [0.3, 0.4) is 0 Å². The van der Waals surface area contributed by atoms with Gasteiger partial charge in [-0.3, -0.25) is 10.2 Å². The third-order valence-corrected chi connectivity index (χ3v) is 1.80. The highest BCUT2D eigenvalue weighted by Gasteiger charge is 2.09. The molecular weight excluding hydrogens is 227 g/mol. The smallest absolute Gasteiger partial charge is 0.268 e. The van der Waals surface area contributed by atoms with Gasteiger partial charge in [-0.15, -0.1) is 0 Å². The molecule has 0 saturated carbocycles. The zero-order valence-electron chi connectivity index (χ0n) is 5.97. The Morgan fingerprint density at radius 2 is 2.25 bits per heavy atom. The standard InChI is InChI=1S/C7H6BrFN2O/c8-4-1-2-5(6(9)3-4)7(12)11-10/h1-3H,10H2,(H,11,12). The van der Waals surface area contributed by atoms with Crippen molar-refractivity contribution in [3.05, 3.63) is 34.1 Å². The maximum atomic E-state index is 12.9. The van der Waals surface area contributed by atoms with E-state index in [2.05, 4.69) is 15.9 Å². The Kier molecular flexibility index (Phi) is 2.78. The van der Waals surface area contributed by atoms with Gasteiger partial charge in [0.1, 0.15) is 5.82 Å². The minimum Gasteiger partial charge on any atom is -0.290 e. The van der Waals surface area contributed by atoms with E-state index in [0.29, 0.717) is 4.47 Å². The van der Waals surface area contributed by atoms with Gasteiger partial charge in [-0.05, 0) is 18.2 Å². The minimum atomic E-state index is -0.639. The summed E-state index contributed by atoms with van der Waals surface area (Å²) in [6.45, 7) is 0. The molecule has 0 heterocycles. The van der Waals surface area contributed by atoms with Crippen molar-refractivity contribution in [3.8, 4) is 0 Å². The fourth-order valence-electron chi connectivity index (χ4n) is 0.751. The van der Waals surface area contributed by atoms with E-state index in [1.807, 2.05) is 5.43 Å². The molecule has 1 aromatic carbocycles. The van der Waals surface area contributed by atoms with Gasteiger partial charge < -0.3 is 0 Å². The average molecular weight is 233 g/mol. The molecule has 1 rings (SSSR count). The van der Waals surface area contributed by atoms with E-state index in [0.717, 1.165) is 0 Å². The molecule has 1 amide bonds. The number of hydrogen-bond acceptors (Lipinski definition) is 2. The molecule has 12 heavy (non-hydrogen) atoms. The van der Waals surface area contributed by atoms with E-state index in [-0.39, 0.29) is 5.56 Å². The third kappa shape index (κ3) is 1.80. The number of hydrazine groups is 1. The predicted octanol–water partition coefficient (Wildman–Crippen LogP) is 1.19. The molecule has 0 aromatic heterocycles. The van der Waals surface area contributed by atoms with Crippen LogP contribution in [-0.4, -0.2) is 5.91 Å². The zero-order chi connectivity index (χ0) is 9.14. The van der Waals surface area contributed by atoms with Crippen LogP contribution in [0.2, 0.25) is 0 Å². The molecule has 0 fully saturated rings. The molecule has 0 spiro atoms. The first kappa shape index (κ1) is 9.15. The fraction of sp³-hybridized carbons (Fsp3) is 0. The monoisotopic (exact) mass is 232 g/mol. The SMILES string of the molecule is NNC(=O)c1ccc(Br)cc1F. The summed E-state index contributed by atoms with van der Waals surface area (Å²) in [6.07, 6.45) is 0. The van der Waals surface area contributed by atoms with Gasteiger partial charge in [0.05, 0.1) is 5.56 Å². The van der Waals surface area contributed by atoms with Gasteiger partial charge in [0, 0.05) is 4.47 Å². The van der Waals surface area contributed by atoms with E-state index < -0.39 is 11.7 Å². The van der Waals surface area contributed by atoms with Crippen LogP contribution >= 0.6 is 15.9 Å². The Hall–Kier alpha value is -0.940. The van der Waals surface area contributed by atoms with Crippen molar-refractivity contribution in [1.82, 2.24) is 5.43 Å². The lowest BCUT2D eigenvalue weighted by Crippen LogP contribution is -2.30. The quantitative estimate of drug-likeness (QED) is 0.435. The summed E-state index contributed by atoms with van der Waals surface area (Å²) in [5.41, 5.74) is 1.78. The number of nitrogen functional groups attached to an aromatic ring is 1. The highest BCUT2D eigenvalue weighted by molar-refractivity contribution is 9.10. The predicted molar refractivity (Wildman–Crippen MR) is 45.8 cm³/mol. The second-order valence-electron chi connectivity index (χ2n) is 2.10.